The standard InChI is InChI=1S/C13H25NO2/c1-4-5-6-8-13(2,3)12(16)14-9-7-11(15)10-14/h11,15H,4-10H2,1-3H3/t11-/m1/s1. The quantitative estimate of drug-likeness (QED) is 0.731. The normalized spacial score (nSPS) is 21.5. The summed E-state index contributed by atoms with van der Waals surface area (Å²) in [6.45, 7) is 7.46. The molecule has 0 aromatic carbocycles. The lowest BCUT2D eigenvalue weighted by atomic mass is 9.85. The van der Waals surface area contributed by atoms with Crippen LogP contribution in [-0.4, -0.2) is 35.1 Å². The van der Waals surface area contributed by atoms with Crippen molar-refractivity contribution in [2.75, 3.05) is 13.1 Å². The molecule has 1 saturated heterocycles. The number of hydrogen-bond acceptors (Lipinski definition) is 2. The summed E-state index contributed by atoms with van der Waals surface area (Å²) in [5, 5.41) is 9.43. The van der Waals surface area contributed by atoms with Gasteiger partial charge >= 0.3 is 0 Å². The molecule has 16 heavy (non-hydrogen) atoms. The highest BCUT2D eigenvalue weighted by atomic mass is 16.3. The van der Waals surface area contributed by atoms with Crippen molar-refractivity contribution in [3.05, 3.63) is 0 Å². The summed E-state index contributed by atoms with van der Waals surface area (Å²) in [5.41, 5.74) is -0.265. The summed E-state index contributed by atoms with van der Waals surface area (Å²) < 4.78 is 0. The van der Waals surface area contributed by atoms with E-state index in [1.54, 1.807) is 0 Å². The van der Waals surface area contributed by atoms with Gasteiger partial charge in [0.25, 0.3) is 0 Å². The van der Waals surface area contributed by atoms with E-state index in [1.165, 1.54) is 12.8 Å². The minimum Gasteiger partial charge on any atom is -0.391 e. The first-order valence-electron chi connectivity index (χ1n) is 6.45. The van der Waals surface area contributed by atoms with E-state index in [-0.39, 0.29) is 17.4 Å². The summed E-state index contributed by atoms with van der Waals surface area (Å²) in [5.74, 6) is 0.208. The van der Waals surface area contributed by atoms with E-state index >= 15 is 0 Å². The van der Waals surface area contributed by atoms with Crippen LogP contribution >= 0.6 is 0 Å². The Kier molecular flexibility index (Phi) is 4.78. The van der Waals surface area contributed by atoms with Gasteiger partial charge in [-0.1, -0.05) is 40.0 Å². The molecule has 1 heterocycles. The van der Waals surface area contributed by atoms with E-state index in [2.05, 4.69) is 6.92 Å². The van der Waals surface area contributed by atoms with Gasteiger partial charge in [-0.15, -0.1) is 0 Å². The van der Waals surface area contributed by atoms with Gasteiger partial charge < -0.3 is 10.0 Å². The summed E-state index contributed by atoms with van der Waals surface area (Å²) in [4.78, 5) is 14.0. The van der Waals surface area contributed by atoms with Crippen molar-refractivity contribution in [2.24, 2.45) is 5.41 Å². The van der Waals surface area contributed by atoms with Crippen LogP contribution in [0.15, 0.2) is 0 Å². The molecule has 0 aromatic rings. The van der Waals surface area contributed by atoms with Crippen molar-refractivity contribution in [3.8, 4) is 0 Å². The largest absolute Gasteiger partial charge is 0.391 e. The molecule has 0 unspecified atom stereocenters. The number of carbonyl (C=O) groups excluding carboxylic acids is 1. The Balaban J connectivity index is 2.44. The van der Waals surface area contributed by atoms with Gasteiger partial charge in [0.1, 0.15) is 0 Å². The summed E-state index contributed by atoms with van der Waals surface area (Å²) in [6, 6.07) is 0. The Hall–Kier alpha value is -0.570. The predicted molar refractivity (Wildman–Crippen MR) is 65.1 cm³/mol. The third-order valence-electron chi connectivity index (χ3n) is 3.43. The Morgan fingerprint density at radius 1 is 1.44 bits per heavy atom. The zero-order valence-corrected chi connectivity index (χ0v) is 10.8. The molecular weight excluding hydrogens is 202 g/mol. The smallest absolute Gasteiger partial charge is 0.228 e. The van der Waals surface area contributed by atoms with Crippen LogP contribution in [0.25, 0.3) is 0 Å². The lowest BCUT2D eigenvalue weighted by Gasteiger charge is -2.29. The lowest BCUT2D eigenvalue weighted by Crippen LogP contribution is -2.40. The predicted octanol–water partition coefficient (Wildman–Crippen LogP) is 2.19. The summed E-state index contributed by atoms with van der Waals surface area (Å²) in [6.07, 6.45) is 4.87. The maximum Gasteiger partial charge on any atom is 0.228 e. The fourth-order valence-corrected chi connectivity index (χ4v) is 2.28. The fraction of sp³-hybridized carbons (Fsp3) is 0.923. The molecule has 0 aromatic heterocycles. The molecule has 94 valence electrons. The fourth-order valence-electron chi connectivity index (χ4n) is 2.28. The monoisotopic (exact) mass is 227 g/mol. The molecule has 1 aliphatic heterocycles. The number of likely N-dealkylation sites (tertiary alicyclic amines) is 1. The van der Waals surface area contributed by atoms with Gasteiger partial charge in [0, 0.05) is 18.5 Å². The molecule has 3 nitrogen and oxygen atoms in total. The number of hydrogen-bond donors (Lipinski definition) is 1. The number of aliphatic hydroxyl groups excluding tert-OH is 1. The van der Waals surface area contributed by atoms with Crippen LogP contribution in [0.2, 0.25) is 0 Å². The minimum atomic E-state index is -0.310. The maximum atomic E-state index is 12.2. The third kappa shape index (κ3) is 3.48. The number of rotatable bonds is 5. The van der Waals surface area contributed by atoms with Crippen LogP contribution in [0.4, 0.5) is 0 Å². The van der Waals surface area contributed by atoms with Gasteiger partial charge in [0.05, 0.1) is 6.10 Å². The van der Waals surface area contributed by atoms with Gasteiger partial charge in [0.15, 0.2) is 0 Å². The Bertz CT molecular complexity index is 238. The first-order chi connectivity index (χ1) is 7.47. The van der Waals surface area contributed by atoms with Crippen LogP contribution in [0.3, 0.4) is 0 Å². The van der Waals surface area contributed by atoms with Crippen molar-refractivity contribution in [2.45, 2.75) is 59.0 Å². The molecule has 1 rings (SSSR count). The molecule has 1 N–H and O–H groups in total. The zero-order chi connectivity index (χ0) is 12.2. The van der Waals surface area contributed by atoms with Crippen molar-refractivity contribution in [3.63, 3.8) is 0 Å². The van der Waals surface area contributed by atoms with E-state index in [1.807, 2.05) is 18.7 Å². The molecule has 0 aliphatic carbocycles. The average molecular weight is 227 g/mol. The number of β-amino-alcohol motifs (C(OH)–C–C–N with tert-alkyl or cyclic N) is 1. The lowest BCUT2D eigenvalue weighted by molar-refractivity contribution is -0.140. The van der Waals surface area contributed by atoms with Crippen LogP contribution in [0.1, 0.15) is 52.9 Å². The molecule has 0 saturated carbocycles. The van der Waals surface area contributed by atoms with Crippen LogP contribution in [-0.2, 0) is 4.79 Å². The zero-order valence-electron chi connectivity index (χ0n) is 10.8. The Morgan fingerprint density at radius 3 is 2.62 bits per heavy atom. The number of nitrogens with zero attached hydrogens (tertiary/aromatic N) is 1. The van der Waals surface area contributed by atoms with E-state index in [9.17, 15) is 9.90 Å². The van der Waals surface area contributed by atoms with Crippen molar-refractivity contribution < 1.29 is 9.90 Å². The highest BCUT2D eigenvalue weighted by Gasteiger charge is 2.34. The van der Waals surface area contributed by atoms with Gasteiger partial charge in [-0.25, -0.2) is 0 Å². The Labute approximate surface area is 98.8 Å². The average Bonchev–Trinajstić information content (AvgIpc) is 2.64. The van der Waals surface area contributed by atoms with Crippen molar-refractivity contribution >= 4 is 5.91 Å². The maximum absolute atomic E-state index is 12.2. The first-order valence-corrected chi connectivity index (χ1v) is 6.45. The van der Waals surface area contributed by atoms with Gasteiger partial charge in [-0.2, -0.15) is 0 Å². The molecule has 1 atom stereocenters. The van der Waals surface area contributed by atoms with Crippen molar-refractivity contribution in [1.82, 2.24) is 4.90 Å². The highest BCUT2D eigenvalue weighted by molar-refractivity contribution is 5.82. The highest BCUT2D eigenvalue weighted by Crippen LogP contribution is 2.28. The minimum absolute atomic E-state index is 0.208. The number of aliphatic hydroxyl groups is 1. The molecular formula is C13H25NO2. The summed E-state index contributed by atoms with van der Waals surface area (Å²) in [7, 11) is 0. The van der Waals surface area contributed by atoms with Crippen LogP contribution < -0.4 is 0 Å². The van der Waals surface area contributed by atoms with Crippen LogP contribution in [0, 0.1) is 5.41 Å². The van der Waals surface area contributed by atoms with Gasteiger partial charge in [0.2, 0.25) is 5.91 Å². The molecule has 0 bridgehead atoms. The van der Waals surface area contributed by atoms with E-state index in [4.69, 9.17) is 0 Å². The van der Waals surface area contributed by atoms with Crippen molar-refractivity contribution in [1.29, 1.82) is 0 Å². The van der Waals surface area contributed by atoms with E-state index in [0.717, 1.165) is 25.8 Å². The number of amides is 1. The second-order valence-electron chi connectivity index (χ2n) is 5.53. The Morgan fingerprint density at radius 2 is 2.12 bits per heavy atom. The molecule has 3 heteroatoms. The molecule has 1 aliphatic rings. The van der Waals surface area contributed by atoms with E-state index in [0.29, 0.717) is 6.54 Å². The second kappa shape index (κ2) is 5.67. The van der Waals surface area contributed by atoms with Gasteiger partial charge in [-0.3, -0.25) is 4.79 Å². The van der Waals surface area contributed by atoms with Crippen LogP contribution in [0.5, 0.6) is 0 Å². The molecule has 1 fully saturated rings. The molecule has 0 radical (unpaired) electrons. The summed E-state index contributed by atoms with van der Waals surface area (Å²) >= 11 is 0. The van der Waals surface area contributed by atoms with E-state index < -0.39 is 0 Å². The molecule has 0 spiro atoms. The third-order valence-corrected chi connectivity index (χ3v) is 3.43. The number of unbranched alkanes of at least 4 members (excludes halogenated alkanes) is 2. The second-order valence-corrected chi connectivity index (χ2v) is 5.53. The van der Waals surface area contributed by atoms with Gasteiger partial charge in [-0.05, 0) is 12.8 Å². The first kappa shape index (κ1) is 13.5. The topological polar surface area (TPSA) is 40.5 Å². The SMILES string of the molecule is CCCCCC(C)(C)C(=O)N1CC[C@@H](O)C1. The number of carbonyl (C=O) groups is 1. The molecule has 1 amide bonds.